The van der Waals surface area contributed by atoms with Gasteiger partial charge in [0.1, 0.15) is 17.5 Å². The fraction of sp³-hybridized carbons (Fsp3) is 0.435. The molecule has 7 heteroatoms. The lowest BCUT2D eigenvalue weighted by atomic mass is 9.83. The van der Waals surface area contributed by atoms with Gasteiger partial charge in [-0.2, -0.15) is 0 Å². The summed E-state index contributed by atoms with van der Waals surface area (Å²) in [5, 5.41) is 18.4. The zero-order chi connectivity index (χ0) is 21.3. The number of fused-ring (bicyclic) bond motifs is 1. The summed E-state index contributed by atoms with van der Waals surface area (Å²) in [6, 6.07) is 7.91. The maximum Gasteiger partial charge on any atom is 0.262 e. The number of aryl methyl sites for hydroxylation is 2. The molecule has 0 aromatic carbocycles. The number of nitrogens with one attached hydrogen (secondary N) is 2. The molecule has 158 valence electrons. The normalized spacial score (nSPS) is 21.5. The van der Waals surface area contributed by atoms with E-state index >= 15 is 0 Å². The van der Waals surface area contributed by atoms with Crippen molar-refractivity contribution in [1.82, 2.24) is 14.5 Å². The molecule has 1 fully saturated rings. The van der Waals surface area contributed by atoms with E-state index in [9.17, 15) is 9.90 Å². The Labute approximate surface area is 176 Å². The van der Waals surface area contributed by atoms with E-state index in [4.69, 9.17) is 4.98 Å². The average Bonchev–Trinajstić information content (AvgIpc) is 2.70. The Balaban J connectivity index is 1.73. The van der Waals surface area contributed by atoms with Gasteiger partial charge in [-0.25, -0.2) is 9.97 Å². The summed E-state index contributed by atoms with van der Waals surface area (Å²) in [4.78, 5) is 22.2. The lowest BCUT2D eigenvalue weighted by Crippen LogP contribution is -2.36. The van der Waals surface area contributed by atoms with Gasteiger partial charge in [-0.05, 0) is 81.7 Å². The van der Waals surface area contributed by atoms with Crippen molar-refractivity contribution >= 4 is 28.2 Å². The molecular formula is C23H29N5O2. The highest BCUT2D eigenvalue weighted by atomic mass is 16.3. The van der Waals surface area contributed by atoms with Crippen LogP contribution in [0.1, 0.15) is 45.1 Å². The van der Waals surface area contributed by atoms with E-state index in [2.05, 4.69) is 15.6 Å². The number of pyridine rings is 3. The minimum atomic E-state index is -0.608. The van der Waals surface area contributed by atoms with E-state index in [1.165, 1.54) is 0 Å². The second-order valence-electron chi connectivity index (χ2n) is 8.49. The molecule has 1 aliphatic carbocycles. The van der Waals surface area contributed by atoms with Crippen LogP contribution in [0.3, 0.4) is 0 Å². The Morgan fingerprint density at radius 3 is 2.70 bits per heavy atom. The first kappa shape index (κ1) is 20.3. The Morgan fingerprint density at radius 2 is 2.00 bits per heavy atom. The van der Waals surface area contributed by atoms with Crippen LogP contribution in [0, 0.1) is 6.92 Å². The molecule has 0 saturated heterocycles. The number of hydrogen-bond acceptors (Lipinski definition) is 6. The van der Waals surface area contributed by atoms with Gasteiger partial charge in [-0.1, -0.05) is 0 Å². The lowest BCUT2D eigenvalue weighted by molar-refractivity contribution is 0.0196. The van der Waals surface area contributed by atoms with Gasteiger partial charge < -0.3 is 20.3 Å². The third-order valence-electron chi connectivity index (χ3n) is 5.87. The molecule has 0 amide bonds. The van der Waals surface area contributed by atoms with E-state index < -0.39 is 5.60 Å². The quantitative estimate of drug-likeness (QED) is 0.593. The maximum absolute atomic E-state index is 13.0. The molecule has 7 nitrogen and oxygen atoms in total. The summed E-state index contributed by atoms with van der Waals surface area (Å²) in [6.07, 6.45) is 6.71. The molecule has 30 heavy (non-hydrogen) atoms. The fourth-order valence-corrected chi connectivity index (χ4v) is 4.03. The van der Waals surface area contributed by atoms with Crippen molar-refractivity contribution in [1.29, 1.82) is 0 Å². The van der Waals surface area contributed by atoms with Gasteiger partial charge >= 0.3 is 0 Å². The summed E-state index contributed by atoms with van der Waals surface area (Å²) in [5.74, 6) is 1.94. The zero-order valence-corrected chi connectivity index (χ0v) is 17.8. The van der Waals surface area contributed by atoms with Gasteiger partial charge in [-0.15, -0.1) is 0 Å². The van der Waals surface area contributed by atoms with E-state index in [1.54, 1.807) is 10.8 Å². The molecule has 3 aromatic heterocycles. The van der Waals surface area contributed by atoms with Crippen LogP contribution < -0.4 is 16.2 Å². The number of aromatic nitrogens is 3. The standard InChI is InChI=1S/C23H29N5O2/c1-4-28-12-8-16-14-19(26-18-13-15(2)7-11-24-18)27-21(20(16)22(28)29)25-17-5-9-23(3,30)10-6-17/h7-8,11-14,17,30H,4-6,9-10H2,1-3H3,(H2,24,25,26,27). The van der Waals surface area contributed by atoms with E-state index in [1.807, 2.05) is 51.2 Å². The molecule has 3 aromatic rings. The largest absolute Gasteiger partial charge is 0.390 e. The van der Waals surface area contributed by atoms with Gasteiger partial charge in [0.15, 0.2) is 0 Å². The molecule has 1 saturated carbocycles. The Hall–Kier alpha value is -2.93. The first-order valence-electron chi connectivity index (χ1n) is 10.6. The highest BCUT2D eigenvalue weighted by Gasteiger charge is 2.29. The Bertz CT molecular complexity index is 1110. The van der Waals surface area contributed by atoms with Crippen LogP contribution in [0.5, 0.6) is 0 Å². The monoisotopic (exact) mass is 407 g/mol. The number of hydrogen-bond donors (Lipinski definition) is 3. The van der Waals surface area contributed by atoms with Crippen LogP contribution in [-0.2, 0) is 6.54 Å². The Morgan fingerprint density at radius 1 is 1.23 bits per heavy atom. The molecular weight excluding hydrogens is 378 g/mol. The topological polar surface area (TPSA) is 92.1 Å². The third kappa shape index (κ3) is 4.31. The zero-order valence-electron chi connectivity index (χ0n) is 17.8. The molecule has 4 rings (SSSR count). The van der Waals surface area contributed by atoms with Crippen LogP contribution in [0.15, 0.2) is 41.5 Å². The summed E-state index contributed by atoms with van der Waals surface area (Å²) < 4.78 is 1.69. The summed E-state index contributed by atoms with van der Waals surface area (Å²) in [7, 11) is 0. The maximum atomic E-state index is 13.0. The van der Waals surface area contributed by atoms with Crippen molar-refractivity contribution < 1.29 is 5.11 Å². The van der Waals surface area contributed by atoms with Gasteiger partial charge in [0.05, 0.1) is 11.0 Å². The molecule has 1 aliphatic rings. The minimum Gasteiger partial charge on any atom is -0.390 e. The smallest absolute Gasteiger partial charge is 0.262 e. The SMILES string of the molecule is CCn1ccc2cc(Nc3cc(C)ccn3)nc(NC3CCC(C)(O)CC3)c2c1=O. The molecule has 0 bridgehead atoms. The van der Waals surface area contributed by atoms with Gasteiger partial charge in [0, 0.05) is 25.0 Å². The van der Waals surface area contributed by atoms with Crippen molar-refractivity contribution in [2.24, 2.45) is 0 Å². The second kappa shape index (κ2) is 8.07. The summed E-state index contributed by atoms with van der Waals surface area (Å²) in [6.45, 7) is 6.46. The van der Waals surface area contributed by atoms with E-state index in [0.29, 0.717) is 29.4 Å². The van der Waals surface area contributed by atoms with Gasteiger partial charge in [0.25, 0.3) is 5.56 Å². The fourth-order valence-electron chi connectivity index (χ4n) is 4.03. The molecule has 3 N–H and O–H groups in total. The highest BCUT2D eigenvalue weighted by molar-refractivity contribution is 5.93. The number of aliphatic hydroxyl groups is 1. The molecule has 0 spiro atoms. The molecule has 0 aliphatic heterocycles. The lowest BCUT2D eigenvalue weighted by Gasteiger charge is -2.33. The van der Waals surface area contributed by atoms with Crippen LogP contribution in [0.2, 0.25) is 0 Å². The number of nitrogens with zero attached hydrogens (tertiary/aromatic N) is 3. The Kier molecular flexibility index (Phi) is 5.47. The molecule has 0 unspecified atom stereocenters. The van der Waals surface area contributed by atoms with E-state index in [-0.39, 0.29) is 11.6 Å². The third-order valence-corrected chi connectivity index (χ3v) is 5.87. The van der Waals surface area contributed by atoms with Gasteiger partial charge in [-0.3, -0.25) is 4.79 Å². The minimum absolute atomic E-state index is 0.0481. The van der Waals surface area contributed by atoms with Crippen LogP contribution in [0.25, 0.3) is 10.8 Å². The first-order chi connectivity index (χ1) is 14.3. The predicted octanol–water partition coefficient (Wildman–Crippen LogP) is 3.97. The number of anilines is 3. The van der Waals surface area contributed by atoms with Crippen LogP contribution in [-0.4, -0.2) is 31.3 Å². The second-order valence-corrected chi connectivity index (χ2v) is 8.49. The molecule has 3 heterocycles. The molecule has 0 radical (unpaired) electrons. The predicted molar refractivity (Wildman–Crippen MR) is 120 cm³/mol. The van der Waals surface area contributed by atoms with Crippen molar-refractivity contribution in [2.45, 2.75) is 64.6 Å². The van der Waals surface area contributed by atoms with Crippen molar-refractivity contribution in [3.05, 3.63) is 52.6 Å². The highest BCUT2D eigenvalue weighted by Crippen LogP contribution is 2.31. The average molecular weight is 408 g/mol. The summed E-state index contributed by atoms with van der Waals surface area (Å²) >= 11 is 0. The van der Waals surface area contributed by atoms with Gasteiger partial charge in [0.2, 0.25) is 0 Å². The van der Waals surface area contributed by atoms with Crippen molar-refractivity contribution in [2.75, 3.05) is 10.6 Å². The van der Waals surface area contributed by atoms with E-state index in [0.717, 1.165) is 36.6 Å². The van der Waals surface area contributed by atoms with Crippen molar-refractivity contribution in [3.8, 4) is 0 Å². The van der Waals surface area contributed by atoms with Crippen LogP contribution in [0.4, 0.5) is 17.5 Å². The van der Waals surface area contributed by atoms with Crippen molar-refractivity contribution in [3.63, 3.8) is 0 Å². The summed E-state index contributed by atoms with van der Waals surface area (Å²) in [5.41, 5.74) is 0.447. The number of rotatable bonds is 5. The first-order valence-corrected chi connectivity index (χ1v) is 10.6. The molecule has 0 atom stereocenters. The van der Waals surface area contributed by atoms with Crippen LogP contribution >= 0.6 is 0 Å².